The first-order valence-electron chi connectivity index (χ1n) is 10.8. The number of aliphatic hydroxyl groups excluding tert-OH is 2. The summed E-state index contributed by atoms with van der Waals surface area (Å²) in [4.78, 5) is 52.9. The maximum atomic E-state index is 12.6. The molecule has 14 heteroatoms. The van der Waals surface area contributed by atoms with Gasteiger partial charge in [-0.3, -0.25) is 33.9 Å². The number of hydrogen-bond donors (Lipinski definition) is 6. The molecule has 6 N–H and O–H groups in total. The largest absolute Gasteiger partial charge is 0.480 e. The minimum Gasteiger partial charge on any atom is -0.480 e. The topological polar surface area (TPSA) is 194 Å². The van der Waals surface area contributed by atoms with E-state index < -0.39 is 43.1 Å². The zero-order valence-corrected chi connectivity index (χ0v) is 19.1. The lowest BCUT2D eigenvalue weighted by Crippen LogP contribution is -2.50. The molecule has 1 fully saturated rings. The predicted molar refractivity (Wildman–Crippen MR) is 119 cm³/mol. The molecule has 0 bridgehead atoms. The van der Waals surface area contributed by atoms with E-state index in [0.717, 1.165) is 0 Å². The number of amides is 1. The highest BCUT2D eigenvalue weighted by Crippen LogP contribution is 2.07. The Morgan fingerprint density at radius 1 is 0.676 bits per heavy atom. The average molecular weight is 490 g/mol. The van der Waals surface area contributed by atoms with Gasteiger partial charge in [0.1, 0.15) is 0 Å². The molecule has 1 aliphatic rings. The summed E-state index contributed by atoms with van der Waals surface area (Å²) in [6, 6.07) is -0.871. The molecule has 0 spiro atoms. The summed E-state index contributed by atoms with van der Waals surface area (Å²) in [6.45, 7) is 3.89. The van der Waals surface area contributed by atoms with Gasteiger partial charge in [0.2, 0.25) is 0 Å². The van der Waals surface area contributed by atoms with Gasteiger partial charge in [-0.25, -0.2) is 0 Å². The molecule has 0 aliphatic carbocycles. The number of carboxylic acid groups (broad SMARTS) is 3. The number of rotatable bonds is 11. The van der Waals surface area contributed by atoms with Gasteiger partial charge >= 0.3 is 17.9 Å². The van der Waals surface area contributed by atoms with Crippen molar-refractivity contribution in [2.45, 2.75) is 6.04 Å². The third-order valence-electron chi connectivity index (χ3n) is 5.33. The van der Waals surface area contributed by atoms with Crippen LogP contribution in [0.25, 0.3) is 0 Å². The molecule has 0 radical (unpaired) electrons. The van der Waals surface area contributed by atoms with E-state index in [2.05, 4.69) is 11.9 Å². The van der Waals surface area contributed by atoms with Crippen molar-refractivity contribution in [3.8, 4) is 0 Å². The van der Waals surface area contributed by atoms with Gasteiger partial charge in [0, 0.05) is 52.4 Å². The highest BCUT2D eigenvalue weighted by atomic mass is 16.4. The van der Waals surface area contributed by atoms with Crippen molar-refractivity contribution in [3.63, 3.8) is 0 Å². The monoisotopic (exact) mass is 489 g/mol. The Morgan fingerprint density at radius 3 is 1.29 bits per heavy atom. The van der Waals surface area contributed by atoms with E-state index in [1.807, 2.05) is 0 Å². The molecule has 0 aromatic rings. The van der Waals surface area contributed by atoms with Gasteiger partial charge in [-0.05, 0) is 0 Å². The lowest BCUT2D eigenvalue weighted by Gasteiger charge is -2.34. The Hall–Kier alpha value is -2.78. The number of carbonyl (C=O) groups excluding carboxylic acids is 1. The Balaban J connectivity index is 3.06. The predicted octanol–water partition coefficient (Wildman–Crippen LogP) is -3.56. The van der Waals surface area contributed by atoms with Gasteiger partial charge in [0.25, 0.3) is 5.91 Å². The Bertz CT molecular complexity index is 685. The van der Waals surface area contributed by atoms with Gasteiger partial charge in [-0.2, -0.15) is 0 Å². The molecule has 1 rings (SSSR count). The van der Waals surface area contributed by atoms with Crippen LogP contribution in [0.5, 0.6) is 0 Å². The van der Waals surface area contributed by atoms with Gasteiger partial charge in [0.05, 0.1) is 44.6 Å². The molecule has 1 saturated heterocycles. The van der Waals surface area contributed by atoms with Crippen LogP contribution in [0.4, 0.5) is 0 Å². The van der Waals surface area contributed by atoms with Crippen LogP contribution in [-0.4, -0.2) is 160 Å². The minimum atomic E-state index is -1.05. The van der Waals surface area contributed by atoms with Crippen molar-refractivity contribution in [2.24, 2.45) is 0 Å². The summed E-state index contributed by atoms with van der Waals surface area (Å²) in [5, 5.41) is 48.5. The first-order valence-corrected chi connectivity index (χ1v) is 10.8. The Morgan fingerprint density at radius 2 is 1.00 bits per heavy atom. The fourth-order valence-corrected chi connectivity index (χ4v) is 3.42. The third-order valence-corrected chi connectivity index (χ3v) is 5.33. The third kappa shape index (κ3) is 11.4. The first kappa shape index (κ1) is 29.3. The lowest BCUT2D eigenvalue weighted by atomic mass is 10.2. The molecule has 1 amide bonds. The summed E-state index contributed by atoms with van der Waals surface area (Å²) in [7, 11) is 0. The number of hydrogen-bond acceptors (Lipinski definition) is 10. The molecular weight excluding hydrogens is 454 g/mol. The van der Waals surface area contributed by atoms with Crippen LogP contribution in [0, 0.1) is 0 Å². The maximum absolute atomic E-state index is 12.6. The number of nitrogens with one attached hydrogen (secondary N) is 1. The number of carboxylic acids is 3. The lowest BCUT2D eigenvalue weighted by molar-refractivity contribution is -0.140. The molecule has 14 nitrogen and oxygen atoms in total. The molecule has 194 valence electrons. The van der Waals surface area contributed by atoms with Crippen molar-refractivity contribution in [2.75, 3.05) is 85.2 Å². The first-order chi connectivity index (χ1) is 16.0. The van der Waals surface area contributed by atoms with Gasteiger partial charge in [0.15, 0.2) is 0 Å². The van der Waals surface area contributed by atoms with E-state index in [0.29, 0.717) is 0 Å². The second-order valence-electron chi connectivity index (χ2n) is 7.98. The van der Waals surface area contributed by atoms with E-state index in [9.17, 15) is 44.7 Å². The SMILES string of the molecule is C=C(C(=O)NC(CO)CO)N1CCN(CC(=O)O)CCN(CC(=O)O)CCN(CC(=O)O)CC1. The van der Waals surface area contributed by atoms with Crippen LogP contribution < -0.4 is 5.32 Å². The summed E-state index contributed by atoms with van der Waals surface area (Å²) in [5.74, 6) is -3.77. The van der Waals surface area contributed by atoms with Crippen LogP contribution in [-0.2, 0) is 19.2 Å². The highest BCUT2D eigenvalue weighted by molar-refractivity contribution is 5.92. The smallest absolute Gasteiger partial charge is 0.317 e. The summed E-state index contributed by atoms with van der Waals surface area (Å²) in [5.41, 5.74) is 0.0296. The van der Waals surface area contributed by atoms with E-state index in [-0.39, 0.29) is 77.7 Å². The van der Waals surface area contributed by atoms with E-state index >= 15 is 0 Å². The Labute approximate surface area is 197 Å². The average Bonchev–Trinajstić information content (AvgIpc) is 2.75. The van der Waals surface area contributed by atoms with Crippen molar-refractivity contribution in [1.82, 2.24) is 24.9 Å². The van der Waals surface area contributed by atoms with Gasteiger partial charge < -0.3 is 35.7 Å². The number of carbonyl (C=O) groups is 4. The maximum Gasteiger partial charge on any atom is 0.317 e. The molecule has 0 unspecified atom stereocenters. The van der Waals surface area contributed by atoms with E-state index in [4.69, 9.17) is 0 Å². The number of aliphatic carboxylic acids is 3. The molecule has 1 heterocycles. The zero-order valence-electron chi connectivity index (χ0n) is 19.1. The summed E-state index contributed by atoms with van der Waals surface area (Å²) < 4.78 is 0. The quantitative estimate of drug-likeness (QED) is 0.156. The highest BCUT2D eigenvalue weighted by Gasteiger charge is 2.23. The second kappa shape index (κ2) is 15.2. The zero-order chi connectivity index (χ0) is 25.7. The molecule has 0 atom stereocenters. The standard InChI is InChI=1S/C20H35N5O9/c1-15(20(34)21-16(13-26)14-27)25-8-6-23(11-18(30)31)4-2-22(10-17(28)29)3-5-24(7-9-25)12-19(32)33/h16,26-27H,1-14H2,(H,21,34)(H,28,29)(H,30,31)(H,32,33). The normalized spacial score (nSPS) is 17.6. The van der Waals surface area contributed by atoms with Crippen LogP contribution in [0.1, 0.15) is 0 Å². The minimum absolute atomic E-state index is 0.0296. The molecular formula is C20H35N5O9. The van der Waals surface area contributed by atoms with Crippen LogP contribution in [0.3, 0.4) is 0 Å². The Kier molecular flexibility index (Phi) is 13.1. The van der Waals surface area contributed by atoms with Crippen LogP contribution in [0.15, 0.2) is 12.3 Å². The molecule has 0 aromatic carbocycles. The number of aliphatic hydroxyl groups is 2. The fourth-order valence-electron chi connectivity index (χ4n) is 3.42. The molecule has 34 heavy (non-hydrogen) atoms. The fraction of sp³-hybridized carbons (Fsp3) is 0.700. The molecule has 0 saturated carbocycles. The van der Waals surface area contributed by atoms with Gasteiger partial charge in [-0.1, -0.05) is 6.58 Å². The van der Waals surface area contributed by atoms with Gasteiger partial charge in [-0.15, -0.1) is 0 Å². The molecule has 1 aliphatic heterocycles. The van der Waals surface area contributed by atoms with Crippen molar-refractivity contribution in [1.29, 1.82) is 0 Å². The van der Waals surface area contributed by atoms with Crippen molar-refractivity contribution in [3.05, 3.63) is 12.3 Å². The van der Waals surface area contributed by atoms with Crippen LogP contribution in [0.2, 0.25) is 0 Å². The van der Waals surface area contributed by atoms with Crippen molar-refractivity contribution >= 4 is 23.8 Å². The van der Waals surface area contributed by atoms with Crippen molar-refractivity contribution < 1.29 is 44.7 Å². The summed E-state index contributed by atoms with van der Waals surface area (Å²) >= 11 is 0. The number of nitrogens with zero attached hydrogens (tertiary/aromatic N) is 4. The summed E-state index contributed by atoms with van der Waals surface area (Å²) in [6.07, 6.45) is 0. The van der Waals surface area contributed by atoms with E-state index in [1.54, 1.807) is 19.6 Å². The molecule has 0 aromatic heterocycles. The van der Waals surface area contributed by atoms with Crippen LogP contribution >= 0.6 is 0 Å². The second-order valence-corrected chi connectivity index (χ2v) is 7.98. The van der Waals surface area contributed by atoms with E-state index in [1.165, 1.54) is 0 Å².